The second kappa shape index (κ2) is 8.05. The highest BCUT2D eigenvalue weighted by atomic mass is 32.2. The first-order valence-corrected chi connectivity index (χ1v) is 10.8. The van der Waals surface area contributed by atoms with Crippen molar-refractivity contribution in [1.82, 2.24) is 14.7 Å². The van der Waals surface area contributed by atoms with E-state index < -0.39 is 10.0 Å². The molecule has 0 unspecified atom stereocenters. The van der Waals surface area contributed by atoms with E-state index >= 15 is 0 Å². The van der Waals surface area contributed by atoms with Crippen molar-refractivity contribution < 1.29 is 13.2 Å². The summed E-state index contributed by atoms with van der Waals surface area (Å²) >= 11 is 2.70. The molecule has 0 saturated heterocycles. The summed E-state index contributed by atoms with van der Waals surface area (Å²) in [6.07, 6.45) is 2.22. The van der Waals surface area contributed by atoms with Crippen LogP contribution in [-0.4, -0.2) is 24.9 Å². The zero-order chi connectivity index (χ0) is 17.7. The van der Waals surface area contributed by atoms with E-state index in [2.05, 4.69) is 14.7 Å². The zero-order valence-electron chi connectivity index (χ0n) is 13.5. The molecule has 0 aliphatic carbocycles. The Kier molecular flexibility index (Phi) is 5.79. The SMILES string of the molecule is Cc1ccc(OCc2nc(CCNS(=O)(=O)c3cccs3)cs2)cn1. The molecule has 0 spiro atoms. The summed E-state index contributed by atoms with van der Waals surface area (Å²) in [5.74, 6) is 0.700. The zero-order valence-corrected chi connectivity index (χ0v) is 16.0. The van der Waals surface area contributed by atoms with E-state index in [0.29, 0.717) is 29.5 Å². The Morgan fingerprint density at radius 2 is 2.12 bits per heavy atom. The van der Waals surface area contributed by atoms with E-state index in [1.807, 2.05) is 24.4 Å². The Bertz CT molecular complexity index is 904. The molecule has 3 heterocycles. The van der Waals surface area contributed by atoms with Crippen molar-refractivity contribution in [2.24, 2.45) is 0 Å². The van der Waals surface area contributed by atoms with E-state index in [4.69, 9.17) is 4.74 Å². The van der Waals surface area contributed by atoms with Crippen molar-refractivity contribution in [3.8, 4) is 5.75 Å². The van der Waals surface area contributed by atoms with Gasteiger partial charge in [0.1, 0.15) is 21.6 Å². The summed E-state index contributed by atoms with van der Waals surface area (Å²) in [4.78, 5) is 8.64. The van der Waals surface area contributed by atoms with Gasteiger partial charge in [-0.3, -0.25) is 4.98 Å². The molecule has 3 rings (SSSR count). The summed E-state index contributed by atoms with van der Waals surface area (Å²) in [5, 5.41) is 4.51. The van der Waals surface area contributed by atoms with Crippen LogP contribution in [0, 0.1) is 6.92 Å². The van der Waals surface area contributed by atoms with Gasteiger partial charge in [0, 0.05) is 24.0 Å². The number of rotatable bonds is 8. The first-order valence-electron chi connectivity index (χ1n) is 7.55. The average Bonchev–Trinajstić information content (AvgIpc) is 3.26. The van der Waals surface area contributed by atoms with Gasteiger partial charge in [-0.05, 0) is 30.5 Å². The second-order valence-electron chi connectivity index (χ2n) is 5.24. The number of nitrogens with zero attached hydrogens (tertiary/aromatic N) is 2. The normalized spacial score (nSPS) is 11.6. The minimum absolute atomic E-state index is 0.312. The molecule has 0 amide bonds. The first kappa shape index (κ1) is 18.0. The van der Waals surface area contributed by atoms with Crippen LogP contribution in [0.2, 0.25) is 0 Å². The van der Waals surface area contributed by atoms with Crippen LogP contribution < -0.4 is 9.46 Å². The Labute approximate surface area is 154 Å². The van der Waals surface area contributed by atoms with Gasteiger partial charge in [-0.15, -0.1) is 22.7 Å². The maximum atomic E-state index is 12.0. The topological polar surface area (TPSA) is 81.2 Å². The van der Waals surface area contributed by atoms with E-state index in [1.165, 1.54) is 22.7 Å². The molecule has 0 fully saturated rings. The quantitative estimate of drug-likeness (QED) is 0.634. The number of nitrogens with one attached hydrogen (secondary N) is 1. The number of thiazole rings is 1. The standard InChI is InChI=1S/C16H17N3O3S3/c1-12-4-5-14(9-17-12)22-10-15-19-13(11-24-15)6-7-18-25(20,21)16-3-2-8-23-16/h2-5,8-9,11,18H,6-7,10H2,1H3. The fourth-order valence-electron chi connectivity index (χ4n) is 2.02. The molecule has 0 atom stereocenters. The Morgan fingerprint density at radius 1 is 1.24 bits per heavy atom. The van der Waals surface area contributed by atoms with Crippen LogP contribution in [0.5, 0.6) is 5.75 Å². The third kappa shape index (κ3) is 5.08. The third-order valence-electron chi connectivity index (χ3n) is 3.28. The number of hydrogen-bond acceptors (Lipinski definition) is 7. The van der Waals surface area contributed by atoms with Crippen molar-refractivity contribution >= 4 is 32.7 Å². The van der Waals surface area contributed by atoms with Crippen LogP contribution in [0.4, 0.5) is 0 Å². The van der Waals surface area contributed by atoms with Gasteiger partial charge in [0.15, 0.2) is 0 Å². The van der Waals surface area contributed by atoms with Crippen molar-refractivity contribution in [1.29, 1.82) is 0 Å². The largest absolute Gasteiger partial charge is 0.485 e. The van der Waals surface area contributed by atoms with Gasteiger partial charge in [0.05, 0.1) is 11.9 Å². The highest BCUT2D eigenvalue weighted by Gasteiger charge is 2.14. The number of thiophene rings is 1. The molecule has 132 valence electrons. The molecule has 3 aromatic heterocycles. The fraction of sp³-hybridized carbons (Fsp3) is 0.250. The van der Waals surface area contributed by atoms with E-state index in [-0.39, 0.29) is 0 Å². The molecule has 3 aromatic rings. The van der Waals surface area contributed by atoms with Gasteiger partial charge >= 0.3 is 0 Å². The van der Waals surface area contributed by atoms with Crippen LogP contribution >= 0.6 is 22.7 Å². The fourth-order valence-corrected chi connectivity index (χ4v) is 4.82. The molecule has 1 N–H and O–H groups in total. The highest BCUT2D eigenvalue weighted by molar-refractivity contribution is 7.91. The molecule has 0 aliphatic heterocycles. The predicted molar refractivity (Wildman–Crippen MR) is 98.6 cm³/mol. The molecule has 25 heavy (non-hydrogen) atoms. The Balaban J connectivity index is 1.48. The second-order valence-corrected chi connectivity index (χ2v) is 9.12. The van der Waals surface area contributed by atoms with Gasteiger partial charge in [-0.1, -0.05) is 6.07 Å². The predicted octanol–water partition coefficient (Wildman–Crippen LogP) is 3.01. The van der Waals surface area contributed by atoms with Crippen LogP contribution in [0.3, 0.4) is 0 Å². The lowest BCUT2D eigenvalue weighted by Crippen LogP contribution is -2.25. The summed E-state index contributed by atoms with van der Waals surface area (Å²) in [6, 6.07) is 7.07. The van der Waals surface area contributed by atoms with E-state index in [1.54, 1.807) is 23.7 Å². The van der Waals surface area contributed by atoms with Crippen molar-refractivity contribution in [3.05, 3.63) is 57.6 Å². The van der Waals surface area contributed by atoms with Crippen molar-refractivity contribution in [2.75, 3.05) is 6.54 Å². The van der Waals surface area contributed by atoms with Crippen LogP contribution in [0.1, 0.15) is 16.4 Å². The monoisotopic (exact) mass is 395 g/mol. The third-order valence-corrected chi connectivity index (χ3v) is 7.01. The molecule has 0 aliphatic rings. The lowest BCUT2D eigenvalue weighted by atomic mass is 10.3. The van der Waals surface area contributed by atoms with Gasteiger partial charge in [-0.2, -0.15) is 0 Å². The van der Waals surface area contributed by atoms with Crippen molar-refractivity contribution in [3.63, 3.8) is 0 Å². The smallest absolute Gasteiger partial charge is 0.250 e. The molecule has 9 heteroatoms. The lowest BCUT2D eigenvalue weighted by Gasteiger charge is -2.04. The number of sulfonamides is 1. The molecule has 0 bridgehead atoms. The molecule has 0 radical (unpaired) electrons. The molecular formula is C16H17N3O3S3. The van der Waals surface area contributed by atoms with Gasteiger partial charge in [0.2, 0.25) is 10.0 Å². The lowest BCUT2D eigenvalue weighted by molar-refractivity contribution is 0.304. The van der Waals surface area contributed by atoms with Gasteiger partial charge in [0.25, 0.3) is 0 Å². The minimum Gasteiger partial charge on any atom is -0.485 e. The van der Waals surface area contributed by atoms with Crippen LogP contribution in [-0.2, 0) is 23.1 Å². The minimum atomic E-state index is -3.42. The maximum Gasteiger partial charge on any atom is 0.250 e. The summed E-state index contributed by atoms with van der Waals surface area (Å²) in [7, 11) is -3.42. The Morgan fingerprint density at radius 3 is 2.84 bits per heavy atom. The highest BCUT2D eigenvalue weighted by Crippen LogP contribution is 2.17. The number of aryl methyl sites for hydroxylation is 1. The van der Waals surface area contributed by atoms with Crippen LogP contribution in [0.25, 0.3) is 0 Å². The number of hydrogen-bond donors (Lipinski definition) is 1. The molecule has 0 aromatic carbocycles. The Hall–Kier alpha value is -1.81. The summed E-state index contributed by atoms with van der Waals surface area (Å²) < 4.78 is 32.6. The number of ether oxygens (including phenoxy) is 1. The summed E-state index contributed by atoms with van der Waals surface area (Å²) in [5.41, 5.74) is 1.79. The number of pyridine rings is 1. The average molecular weight is 396 g/mol. The summed E-state index contributed by atoms with van der Waals surface area (Å²) in [6.45, 7) is 2.60. The molecule has 0 saturated carbocycles. The molecular weight excluding hydrogens is 378 g/mol. The van der Waals surface area contributed by atoms with Crippen molar-refractivity contribution in [2.45, 2.75) is 24.2 Å². The maximum absolute atomic E-state index is 12.0. The van der Waals surface area contributed by atoms with E-state index in [0.717, 1.165) is 16.4 Å². The van der Waals surface area contributed by atoms with Crippen LogP contribution in [0.15, 0.2) is 45.4 Å². The van der Waals surface area contributed by atoms with Gasteiger partial charge in [-0.25, -0.2) is 18.1 Å². The number of aromatic nitrogens is 2. The van der Waals surface area contributed by atoms with E-state index in [9.17, 15) is 8.42 Å². The first-order chi connectivity index (χ1) is 12.0. The molecule has 6 nitrogen and oxygen atoms in total. The van der Waals surface area contributed by atoms with Gasteiger partial charge < -0.3 is 4.74 Å².